The van der Waals surface area contributed by atoms with Crippen molar-refractivity contribution in [2.75, 3.05) is 30.4 Å². The van der Waals surface area contributed by atoms with Gasteiger partial charge in [-0.25, -0.2) is 4.79 Å². The van der Waals surface area contributed by atoms with Crippen LogP contribution in [0.4, 0.5) is 16.2 Å². The molecule has 1 aliphatic rings. The van der Waals surface area contributed by atoms with Crippen LogP contribution in [0.5, 0.6) is 0 Å². The van der Waals surface area contributed by atoms with Crippen LogP contribution >= 0.6 is 11.6 Å². The van der Waals surface area contributed by atoms with Crippen molar-refractivity contribution in [3.05, 3.63) is 59.1 Å². The lowest BCUT2D eigenvalue weighted by Gasteiger charge is -2.19. The molecule has 2 aromatic carbocycles. The SMILES string of the molecule is CN(C(=O)c1ccc(Cl)cc1)c1ccc(NC(=O)N2CCCC2)cc1. The minimum Gasteiger partial charge on any atom is -0.325 e. The summed E-state index contributed by atoms with van der Waals surface area (Å²) in [4.78, 5) is 28.0. The first-order valence-corrected chi connectivity index (χ1v) is 8.62. The van der Waals surface area contributed by atoms with Gasteiger partial charge >= 0.3 is 6.03 Å². The second kappa shape index (κ2) is 7.57. The zero-order valence-corrected chi connectivity index (χ0v) is 14.8. The fourth-order valence-corrected chi connectivity index (χ4v) is 2.92. The largest absolute Gasteiger partial charge is 0.325 e. The molecule has 3 amide bonds. The van der Waals surface area contributed by atoms with Crippen LogP contribution in [0.2, 0.25) is 5.02 Å². The highest BCUT2D eigenvalue weighted by Crippen LogP contribution is 2.20. The van der Waals surface area contributed by atoms with Gasteiger partial charge in [0.25, 0.3) is 5.91 Å². The summed E-state index contributed by atoms with van der Waals surface area (Å²) in [5.41, 5.74) is 2.03. The van der Waals surface area contributed by atoms with Crippen LogP contribution in [0.1, 0.15) is 23.2 Å². The lowest BCUT2D eigenvalue weighted by molar-refractivity contribution is 0.0993. The monoisotopic (exact) mass is 357 g/mol. The predicted octanol–water partition coefficient (Wildman–Crippen LogP) is 4.24. The number of likely N-dealkylation sites (tertiary alicyclic amines) is 1. The molecular formula is C19H20ClN3O2. The van der Waals surface area contributed by atoms with E-state index in [1.54, 1.807) is 48.3 Å². The Bertz CT molecular complexity index is 753. The molecule has 1 heterocycles. The van der Waals surface area contributed by atoms with E-state index in [-0.39, 0.29) is 11.9 Å². The van der Waals surface area contributed by atoms with Gasteiger partial charge in [-0.05, 0) is 61.4 Å². The maximum atomic E-state index is 12.5. The van der Waals surface area contributed by atoms with Gasteiger partial charge in [-0.2, -0.15) is 0 Å². The molecule has 0 spiro atoms. The summed E-state index contributed by atoms with van der Waals surface area (Å²) in [7, 11) is 1.72. The second-order valence-corrected chi connectivity index (χ2v) is 6.48. The van der Waals surface area contributed by atoms with Crippen LogP contribution in [0.15, 0.2) is 48.5 Å². The zero-order chi connectivity index (χ0) is 17.8. The van der Waals surface area contributed by atoms with Crippen molar-refractivity contribution in [1.29, 1.82) is 0 Å². The Hall–Kier alpha value is -2.53. The molecule has 0 bridgehead atoms. The van der Waals surface area contributed by atoms with Crippen LogP contribution in [0, 0.1) is 0 Å². The van der Waals surface area contributed by atoms with Crippen LogP contribution in [0.25, 0.3) is 0 Å². The number of hydrogen-bond donors (Lipinski definition) is 1. The second-order valence-electron chi connectivity index (χ2n) is 6.04. The average Bonchev–Trinajstić information content (AvgIpc) is 3.17. The van der Waals surface area contributed by atoms with E-state index in [1.165, 1.54) is 0 Å². The van der Waals surface area contributed by atoms with Crippen LogP contribution < -0.4 is 10.2 Å². The summed E-state index contributed by atoms with van der Waals surface area (Å²) < 4.78 is 0. The van der Waals surface area contributed by atoms with Crippen molar-refractivity contribution in [2.24, 2.45) is 0 Å². The molecule has 2 aromatic rings. The van der Waals surface area contributed by atoms with Gasteiger partial charge in [-0.15, -0.1) is 0 Å². The fourth-order valence-electron chi connectivity index (χ4n) is 2.79. The summed E-state index contributed by atoms with van der Waals surface area (Å²) in [6.45, 7) is 1.62. The number of anilines is 2. The molecule has 0 atom stereocenters. The van der Waals surface area contributed by atoms with Crippen LogP contribution in [-0.2, 0) is 0 Å². The Morgan fingerprint density at radius 1 is 1.00 bits per heavy atom. The molecule has 130 valence electrons. The minimum absolute atomic E-state index is 0.0733. The van der Waals surface area contributed by atoms with Crippen molar-refractivity contribution in [2.45, 2.75) is 12.8 Å². The highest BCUT2D eigenvalue weighted by Gasteiger charge is 2.18. The number of nitrogens with one attached hydrogen (secondary N) is 1. The average molecular weight is 358 g/mol. The Morgan fingerprint density at radius 2 is 1.60 bits per heavy atom. The molecule has 3 rings (SSSR count). The first-order valence-electron chi connectivity index (χ1n) is 8.24. The molecule has 1 N–H and O–H groups in total. The van der Waals surface area contributed by atoms with E-state index in [1.807, 2.05) is 17.0 Å². The molecule has 0 saturated carbocycles. The number of rotatable bonds is 3. The smallest absolute Gasteiger partial charge is 0.321 e. The van der Waals surface area contributed by atoms with E-state index in [0.717, 1.165) is 31.6 Å². The van der Waals surface area contributed by atoms with E-state index in [2.05, 4.69) is 5.32 Å². The molecule has 0 aliphatic carbocycles. The third kappa shape index (κ3) is 4.12. The highest BCUT2D eigenvalue weighted by atomic mass is 35.5. The van der Waals surface area contributed by atoms with Gasteiger partial charge in [0.05, 0.1) is 0 Å². The summed E-state index contributed by atoms with van der Waals surface area (Å²) >= 11 is 5.86. The molecule has 5 nitrogen and oxygen atoms in total. The molecule has 1 aliphatic heterocycles. The topological polar surface area (TPSA) is 52.7 Å². The van der Waals surface area contributed by atoms with E-state index in [9.17, 15) is 9.59 Å². The van der Waals surface area contributed by atoms with E-state index in [0.29, 0.717) is 16.3 Å². The third-order valence-electron chi connectivity index (χ3n) is 4.29. The lowest BCUT2D eigenvalue weighted by Crippen LogP contribution is -2.32. The molecule has 25 heavy (non-hydrogen) atoms. The highest BCUT2D eigenvalue weighted by molar-refractivity contribution is 6.30. The van der Waals surface area contributed by atoms with Gasteiger partial charge in [-0.3, -0.25) is 4.79 Å². The van der Waals surface area contributed by atoms with Crippen molar-refractivity contribution < 1.29 is 9.59 Å². The summed E-state index contributed by atoms with van der Waals surface area (Å²) in [5.74, 6) is -0.120. The maximum absolute atomic E-state index is 12.5. The number of carbonyl (C=O) groups is 2. The van der Waals surface area contributed by atoms with Crippen LogP contribution in [-0.4, -0.2) is 37.0 Å². The number of halogens is 1. The van der Waals surface area contributed by atoms with Crippen molar-refractivity contribution in [3.63, 3.8) is 0 Å². The normalized spacial score (nSPS) is 13.6. The van der Waals surface area contributed by atoms with Crippen molar-refractivity contribution in [1.82, 2.24) is 4.90 Å². The molecule has 1 fully saturated rings. The van der Waals surface area contributed by atoms with Gasteiger partial charge in [-0.1, -0.05) is 11.6 Å². The molecule has 1 saturated heterocycles. The van der Waals surface area contributed by atoms with E-state index >= 15 is 0 Å². The number of benzene rings is 2. The molecule has 0 radical (unpaired) electrons. The van der Waals surface area contributed by atoms with Crippen molar-refractivity contribution in [3.8, 4) is 0 Å². The lowest BCUT2D eigenvalue weighted by atomic mass is 10.2. The number of nitrogens with zero attached hydrogens (tertiary/aromatic N) is 2. The standard InChI is InChI=1S/C19H20ClN3O2/c1-22(18(24)14-4-6-15(20)7-5-14)17-10-8-16(9-11-17)21-19(25)23-12-2-3-13-23/h4-11H,2-3,12-13H2,1H3,(H,21,25). The number of urea groups is 1. The van der Waals surface area contributed by atoms with Gasteiger partial charge in [0.2, 0.25) is 0 Å². The van der Waals surface area contributed by atoms with E-state index in [4.69, 9.17) is 11.6 Å². The summed E-state index contributed by atoms with van der Waals surface area (Å²) in [6.07, 6.45) is 2.12. The maximum Gasteiger partial charge on any atom is 0.321 e. The third-order valence-corrected chi connectivity index (χ3v) is 4.55. The van der Waals surface area contributed by atoms with Crippen LogP contribution in [0.3, 0.4) is 0 Å². The minimum atomic E-state index is -0.120. The first kappa shape index (κ1) is 17.3. The van der Waals surface area contributed by atoms with E-state index < -0.39 is 0 Å². The molecule has 0 unspecified atom stereocenters. The number of amides is 3. The van der Waals surface area contributed by atoms with Crippen molar-refractivity contribution >= 4 is 34.9 Å². The predicted molar refractivity (Wildman–Crippen MR) is 100 cm³/mol. The van der Waals surface area contributed by atoms with Gasteiger partial charge in [0.15, 0.2) is 0 Å². The Morgan fingerprint density at radius 3 is 2.20 bits per heavy atom. The summed E-state index contributed by atoms with van der Waals surface area (Å²) in [5, 5.41) is 3.48. The number of carbonyl (C=O) groups excluding carboxylic acids is 2. The molecule has 0 aromatic heterocycles. The Kier molecular flexibility index (Phi) is 5.24. The van der Waals surface area contributed by atoms with Gasteiger partial charge < -0.3 is 15.1 Å². The quantitative estimate of drug-likeness (QED) is 0.893. The summed E-state index contributed by atoms with van der Waals surface area (Å²) in [6, 6.07) is 13.9. The Labute approximate surface area is 152 Å². The fraction of sp³-hybridized carbons (Fsp3) is 0.263. The first-order chi connectivity index (χ1) is 12.0. The Balaban J connectivity index is 1.65. The zero-order valence-electron chi connectivity index (χ0n) is 14.0. The van der Waals surface area contributed by atoms with Gasteiger partial charge in [0, 0.05) is 42.1 Å². The molecular weight excluding hydrogens is 338 g/mol. The molecule has 6 heteroatoms. The number of hydrogen-bond acceptors (Lipinski definition) is 2. The van der Waals surface area contributed by atoms with Gasteiger partial charge in [0.1, 0.15) is 0 Å².